The second-order valence-electron chi connectivity index (χ2n) is 2.09. The molecular formula is C6H15NO4S. The van der Waals surface area contributed by atoms with Crippen molar-refractivity contribution in [3.63, 3.8) is 0 Å². The summed E-state index contributed by atoms with van der Waals surface area (Å²) in [4.78, 5) is 9.70. The predicted octanol–water partition coefficient (Wildman–Crippen LogP) is 0.0365. The Labute approximate surface area is 72.9 Å². The first-order valence-electron chi connectivity index (χ1n) is 3.47. The van der Waals surface area contributed by atoms with Crippen LogP contribution in [-0.2, 0) is 14.9 Å². The Hall–Kier alpha value is -0.620. The molecule has 0 aromatic heterocycles. The predicted molar refractivity (Wildman–Crippen MR) is 46.4 cm³/mol. The monoisotopic (exact) mass is 197 g/mol. The molecule has 12 heavy (non-hydrogen) atoms. The topological polar surface area (TPSA) is 83.5 Å². The molecule has 0 aliphatic heterocycles. The quantitative estimate of drug-likeness (QED) is 0.612. The van der Waals surface area contributed by atoms with E-state index in [1.165, 1.54) is 6.92 Å². The van der Waals surface area contributed by atoms with Gasteiger partial charge in [-0.05, 0) is 6.42 Å². The average molecular weight is 197 g/mol. The molecule has 0 unspecified atom stereocenters. The minimum absolute atomic E-state index is 0.00463. The van der Waals surface area contributed by atoms with Gasteiger partial charge in [-0.1, -0.05) is 6.92 Å². The van der Waals surface area contributed by atoms with Crippen LogP contribution >= 0.6 is 0 Å². The van der Waals surface area contributed by atoms with E-state index in [4.69, 9.17) is 4.55 Å². The molecule has 0 aliphatic rings. The number of amides is 1. The van der Waals surface area contributed by atoms with Crippen LogP contribution < -0.4 is 5.32 Å². The van der Waals surface area contributed by atoms with Crippen LogP contribution in [0.1, 0.15) is 20.3 Å². The molecule has 6 heteroatoms. The van der Waals surface area contributed by atoms with Crippen molar-refractivity contribution in [3.05, 3.63) is 0 Å². The lowest BCUT2D eigenvalue weighted by molar-refractivity contribution is -0.118. The van der Waals surface area contributed by atoms with Gasteiger partial charge >= 0.3 is 0 Å². The fourth-order valence-electron chi connectivity index (χ4n) is 0.258. The van der Waals surface area contributed by atoms with E-state index < -0.39 is 10.1 Å². The van der Waals surface area contributed by atoms with Crippen LogP contribution in [0.2, 0.25) is 0 Å². The summed E-state index contributed by atoms with van der Waals surface area (Å²) in [5, 5.41) is 2.39. The zero-order valence-corrected chi connectivity index (χ0v) is 8.31. The lowest BCUT2D eigenvalue weighted by atomic mass is 10.6. The Kier molecular flexibility index (Phi) is 8.19. The van der Waals surface area contributed by atoms with Gasteiger partial charge in [0.05, 0.1) is 5.75 Å². The van der Waals surface area contributed by atoms with Crippen LogP contribution in [0.5, 0.6) is 0 Å². The van der Waals surface area contributed by atoms with Crippen molar-refractivity contribution in [2.45, 2.75) is 20.3 Å². The zero-order valence-electron chi connectivity index (χ0n) is 7.49. The molecule has 2 N–H and O–H groups in total. The molecule has 74 valence electrons. The summed E-state index contributed by atoms with van der Waals surface area (Å²) in [6, 6.07) is 0. The fourth-order valence-corrected chi connectivity index (χ4v) is 0.774. The van der Waals surface area contributed by atoms with Gasteiger partial charge in [-0.3, -0.25) is 9.35 Å². The largest absolute Gasteiger partial charge is 0.359 e. The molecule has 0 saturated heterocycles. The van der Waals surface area contributed by atoms with Crippen LogP contribution in [0.15, 0.2) is 0 Å². The van der Waals surface area contributed by atoms with Gasteiger partial charge in [0.25, 0.3) is 10.1 Å². The molecule has 0 aromatic carbocycles. The minimum Gasteiger partial charge on any atom is -0.359 e. The van der Waals surface area contributed by atoms with Crippen LogP contribution in [0, 0.1) is 0 Å². The van der Waals surface area contributed by atoms with E-state index in [9.17, 15) is 13.2 Å². The Morgan fingerprint density at radius 1 is 1.50 bits per heavy atom. The van der Waals surface area contributed by atoms with Gasteiger partial charge in [-0.25, -0.2) is 0 Å². The van der Waals surface area contributed by atoms with Crippen LogP contribution in [0.3, 0.4) is 0 Å². The number of hydrogen-bond acceptors (Lipinski definition) is 3. The third-order valence-electron chi connectivity index (χ3n) is 0.814. The third kappa shape index (κ3) is 22.8. The average Bonchev–Trinajstić information content (AvgIpc) is 1.86. The van der Waals surface area contributed by atoms with E-state index >= 15 is 0 Å². The molecule has 0 atom stereocenters. The van der Waals surface area contributed by atoms with Crippen LogP contribution in [0.25, 0.3) is 0 Å². The van der Waals surface area contributed by atoms with Crippen LogP contribution in [-0.4, -0.2) is 31.7 Å². The maximum atomic E-state index is 9.79. The zero-order chi connectivity index (χ0) is 10.2. The van der Waals surface area contributed by atoms with Crippen molar-refractivity contribution in [2.24, 2.45) is 0 Å². The van der Waals surface area contributed by atoms with Crippen molar-refractivity contribution in [1.82, 2.24) is 5.32 Å². The van der Waals surface area contributed by atoms with Gasteiger partial charge in [0.1, 0.15) is 0 Å². The van der Waals surface area contributed by atoms with E-state index in [-0.39, 0.29) is 11.7 Å². The number of hydrogen-bond donors (Lipinski definition) is 2. The highest BCUT2D eigenvalue weighted by Crippen LogP contribution is 1.83. The van der Waals surface area contributed by atoms with E-state index in [0.717, 1.165) is 0 Å². The van der Waals surface area contributed by atoms with Gasteiger partial charge in [-0.15, -0.1) is 0 Å². The molecule has 0 aliphatic carbocycles. The highest BCUT2D eigenvalue weighted by Gasteiger charge is 1.98. The van der Waals surface area contributed by atoms with E-state index in [0.29, 0.717) is 6.42 Å². The van der Waals surface area contributed by atoms with Gasteiger partial charge in [0.2, 0.25) is 5.91 Å². The summed E-state index contributed by atoms with van der Waals surface area (Å²) in [6.45, 7) is 3.16. The van der Waals surface area contributed by atoms with Crippen molar-refractivity contribution in [1.29, 1.82) is 0 Å². The third-order valence-corrected chi connectivity index (χ3v) is 1.74. The fraction of sp³-hybridized carbons (Fsp3) is 0.833. The second-order valence-corrected chi connectivity index (χ2v) is 3.66. The van der Waals surface area contributed by atoms with Gasteiger partial charge in [0.15, 0.2) is 0 Å². The minimum atomic E-state index is -3.67. The number of nitrogens with one attached hydrogen (secondary N) is 1. The number of carbonyl (C=O) groups excluding carboxylic acids is 1. The van der Waals surface area contributed by atoms with E-state index in [1.807, 2.05) is 0 Å². The molecule has 0 spiro atoms. The number of rotatable bonds is 2. The first-order chi connectivity index (χ1) is 5.33. The highest BCUT2D eigenvalue weighted by atomic mass is 32.2. The Morgan fingerprint density at radius 2 is 1.83 bits per heavy atom. The van der Waals surface area contributed by atoms with Crippen molar-refractivity contribution in [3.8, 4) is 0 Å². The normalized spacial score (nSPS) is 9.67. The van der Waals surface area contributed by atoms with Crippen molar-refractivity contribution < 1.29 is 17.8 Å². The SMILES string of the molecule is CCCS(=O)(=O)O.CNC(C)=O. The molecule has 5 nitrogen and oxygen atoms in total. The lowest BCUT2D eigenvalue weighted by Crippen LogP contribution is -2.11. The Balaban J connectivity index is 0. The maximum Gasteiger partial charge on any atom is 0.264 e. The first-order valence-corrected chi connectivity index (χ1v) is 5.07. The molecule has 0 saturated carbocycles. The van der Waals surface area contributed by atoms with E-state index in [1.54, 1.807) is 14.0 Å². The van der Waals surface area contributed by atoms with Crippen LogP contribution in [0.4, 0.5) is 0 Å². The number of carbonyl (C=O) groups is 1. The summed E-state index contributed by atoms with van der Waals surface area (Å²) in [5.74, 6) is -0.127. The van der Waals surface area contributed by atoms with Gasteiger partial charge in [-0.2, -0.15) is 8.42 Å². The summed E-state index contributed by atoms with van der Waals surface area (Å²) in [6.07, 6.45) is 0.471. The first kappa shape index (κ1) is 13.9. The molecule has 0 aromatic rings. The lowest BCUT2D eigenvalue weighted by Gasteiger charge is -1.85. The second kappa shape index (κ2) is 7.05. The summed E-state index contributed by atoms with van der Waals surface area (Å²) in [7, 11) is -2.07. The molecular weight excluding hydrogens is 182 g/mol. The molecule has 0 rings (SSSR count). The maximum absolute atomic E-state index is 9.79. The standard InChI is InChI=1S/C3H7NO.C3H8O3S/c1-3(5)4-2;1-2-3-7(4,5)6/h1-2H3,(H,4,5);2-3H2,1H3,(H,4,5,6). The Morgan fingerprint density at radius 3 is 1.83 bits per heavy atom. The van der Waals surface area contributed by atoms with Crippen molar-refractivity contribution in [2.75, 3.05) is 12.8 Å². The summed E-state index contributed by atoms with van der Waals surface area (Å²) >= 11 is 0. The Bertz CT molecular complexity index is 210. The molecule has 0 radical (unpaired) electrons. The molecule has 0 bridgehead atoms. The highest BCUT2D eigenvalue weighted by molar-refractivity contribution is 7.85. The summed E-state index contributed by atoms with van der Waals surface area (Å²) < 4.78 is 27.6. The van der Waals surface area contributed by atoms with Gasteiger partial charge in [0, 0.05) is 14.0 Å². The summed E-state index contributed by atoms with van der Waals surface area (Å²) in [5.41, 5.74) is 0. The van der Waals surface area contributed by atoms with Crippen molar-refractivity contribution >= 4 is 16.0 Å². The molecule has 0 heterocycles. The van der Waals surface area contributed by atoms with Gasteiger partial charge < -0.3 is 5.32 Å². The molecule has 1 amide bonds. The molecule has 0 fully saturated rings. The van der Waals surface area contributed by atoms with E-state index in [2.05, 4.69) is 5.32 Å². The smallest absolute Gasteiger partial charge is 0.264 e.